The molecule has 58 heavy (non-hydrogen) atoms. The van der Waals surface area contributed by atoms with E-state index in [2.05, 4.69) is 226 Å². The Morgan fingerprint density at radius 2 is 0.603 bits per heavy atom. The van der Waals surface area contributed by atoms with E-state index in [0.717, 1.165) is 0 Å². The first kappa shape index (κ1) is 37.6. The van der Waals surface area contributed by atoms with Gasteiger partial charge in [-0.3, -0.25) is 0 Å². The Morgan fingerprint density at radius 3 is 1.03 bits per heavy atom. The van der Waals surface area contributed by atoms with Crippen LogP contribution in [0.3, 0.4) is 0 Å². The zero-order valence-electron chi connectivity index (χ0n) is 35.6. The van der Waals surface area contributed by atoms with Gasteiger partial charge in [0, 0.05) is 0 Å². The smallest absolute Gasteiger partial charge is 0.00143 e. The van der Waals surface area contributed by atoms with Gasteiger partial charge in [0.25, 0.3) is 0 Å². The van der Waals surface area contributed by atoms with Crippen molar-refractivity contribution in [2.45, 2.75) is 78.6 Å². The van der Waals surface area contributed by atoms with Crippen molar-refractivity contribution >= 4 is 43.1 Å². The van der Waals surface area contributed by atoms with Crippen LogP contribution in [-0.2, 0) is 16.2 Å². The molecule has 0 atom stereocenters. The van der Waals surface area contributed by atoms with Crippen molar-refractivity contribution < 1.29 is 0 Å². The maximum Gasteiger partial charge on any atom is -0.00143 e. The minimum Gasteiger partial charge on any atom is -0.0614 e. The van der Waals surface area contributed by atoms with Gasteiger partial charge in [-0.1, -0.05) is 208 Å². The summed E-state index contributed by atoms with van der Waals surface area (Å²) in [6, 6.07) is 62.4. The molecule has 9 aromatic carbocycles. The van der Waals surface area contributed by atoms with Crippen molar-refractivity contribution in [1.29, 1.82) is 0 Å². The van der Waals surface area contributed by atoms with E-state index in [4.69, 9.17) is 0 Å². The Balaban J connectivity index is 1.33. The van der Waals surface area contributed by atoms with Gasteiger partial charge in [0.15, 0.2) is 0 Å². The monoisotopic (exact) mass is 750 g/mol. The normalized spacial score (nSPS) is 12.6. The van der Waals surface area contributed by atoms with Crippen molar-refractivity contribution in [3.8, 4) is 44.5 Å². The Kier molecular flexibility index (Phi) is 8.97. The highest BCUT2D eigenvalue weighted by Crippen LogP contribution is 2.45. The summed E-state index contributed by atoms with van der Waals surface area (Å²) in [5.74, 6) is 0. The standard InChI is InChI=1S/C58H54/c1-56(2,3)48-30-28-38(29-31-48)37-16-22-41(23-17-37)55-53-46(26-20-39-18-24-44(35-51(39)53)42-12-10-14-49(33-42)57(4,5)6)32-47-27-21-40-19-25-45(36-52(40)54(47)55)43-13-11-15-50(34-43)58(7,8)9/h10-36H,1-9H3. The third-order valence-corrected chi connectivity index (χ3v) is 12.3. The quantitative estimate of drug-likeness (QED) is 0.124. The molecular formula is C58H54. The summed E-state index contributed by atoms with van der Waals surface area (Å²) in [5.41, 5.74) is 14.3. The fraction of sp³-hybridized carbons (Fsp3) is 0.207. The summed E-state index contributed by atoms with van der Waals surface area (Å²) in [6.45, 7) is 20.6. The third kappa shape index (κ3) is 6.90. The Hall–Kier alpha value is -5.98. The molecule has 0 unspecified atom stereocenters. The van der Waals surface area contributed by atoms with Gasteiger partial charge in [-0.15, -0.1) is 0 Å². The Morgan fingerprint density at radius 1 is 0.259 bits per heavy atom. The summed E-state index contributed by atoms with van der Waals surface area (Å²) < 4.78 is 0. The molecule has 0 aliphatic carbocycles. The molecule has 0 aliphatic heterocycles. The van der Waals surface area contributed by atoms with E-state index in [9.17, 15) is 0 Å². The predicted octanol–water partition coefficient (Wildman–Crippen LogP) is 16.9. The van der Waals surface area contributed by atoms with E-state index in [1.165, 1.54) is 104 Å². The van der Waals surface area contributed by atoms with E-state index in [1.54, 1.807) is 0 Å². The molecular weight excluding hydrogens is 697 g/mol. The maximum atomic E-state index is 2.44. The molecule has 9 rings (SSSR count). The van der Waals surface area contributed by atoms with Crippen LogP contribution in [0.1, 0.15) is 79.0 Å². The Bertz CT molecular complexity index is 2850. The van der Waals surface area contributed by atoms with E-state index < -0.39 is 0 Å². The molecule has 0 amide bonds. The highest BCUT2D eigenvalue weighted by atomic mass is 14.2. The van der Waals surface area contributed by atoms with E-state index in [-0.39, 0.29) is 16.2 Å². The highest BCUT2D eigenvalue weighted by molar-refractivity contribution is 6.27. The zero-order chi connectivity index (χ0) is 40.6. The number of rotatable bonds is 4. The van der Waals surface area contributed by atoms with Crippen molar-refractivity contribution in [2.75, 3.05) is 0 Å². The number of fused-ring (bicyclic) bond motifs is 6. The minimum absolute atomic E-state index is 0.0698. The number of benzene rings is 9. The molecule has 0 fully saturated rings. The van der Waals surface area contributed by atoms with Crippen LogP contribution in [-0.4, -0.2) is 0 Å². The predicted molar refractivity (Wildman–Crippen MR) is 254 cm³/mol. The van der Waals surface area contributed by atoms with Crippen molar-refractivity contribution in [1.82, 2.24) is 0 Å². The van der Waals surface area contributed by atoms with Gasteiger partial charge >= 0.3 is 0 Å². The SMILES string of the molecule is CC(C)(C)c1ccc(-c2ccc(-c3c4c(ccc5ccc(-c6cccc(C(C)(C)C)c6)cc54)cc4ccc5ccc(-c6cccc(C(C)(C)C)c6)cc5c34)cc2)cc1. The first-order valence-corrected chi connectivity index (χ1v) is 20.9. The fourth-order valence-corrected chi connectivity index (χ4v) is 8.73. The lowest BCUT2D eigenvalue weighted by molar-refractivity contribution is 0.590. The van der Waals surface area contributed by atoms with Crippen LogP contribution < -0.4 is 0 Å². The molecule has 0 nitrogen and oxygen atoms in total. The van der Waals surface area contributed by atoms with E-state index in [1.807, 2.05) is 0 Å². The second-order valence-corrected chi connectivity index (χ2v) is 19.5. The average Bonchev–Trinajstić information content (AvgIpc) is 3.21. The molecule has 0 saturated carbocycles. The van der Waals surface area contributed by atoms with Crippen LogP contribution in [0.25, 0.3) is 87.6 Å². The molecule has 286 valence electrons. The summed E-state index contributed by atoms with van der Waals surface area (Å²) in [7, 11) is 0. The third-order valence-electron chi connectivity index (χ3n) is 12.3. The fourth-order valence-electron chi connectivity index (χ4n) is 8.73. The maximum absolute atomic E-state index is 2.44. The van der Waals surface area contributed by atoms with Gasteiger partial charge in [0.1, 0.15) is 0 Å². The molecule has 0 heterocycles. The van der Waals surface area contributed by atoms with E-state index >= 15 is 0 Å². The first-order valence-electron chi connectivity index (χ1n) is 20.9. The molecule has 0 spiro atoms. The molecule has 0 heteroatoms. The summed E-state index contributed by atoms with van der Waals surface area (Å²) in [6.07, 6.45) is 0. The summed E-state index contributed by atoms with van der Waals surface area (Å²) in [4.78, 5) is 0. The van der Waals surface area contributed by atoms with Crippen LogP contribution in [0.2, 0.25) is 0 Å². The van der Waals surface area contributed by atoms with Crippen LogP contribution in [0.5, 0.6) is 0 Å². The molecule has 0 bridgehead atoms. The molecule has 0 N–H and O–H groups in total. The molecule has 0 saturated heterocycles. The molecule has 0 aromatic heterocycles. The van der Waals surface area contributed by atoms with Gasteiger partial charge in [-0.05, 0) is 139 Å². The first-order chi connectivity index (χ1) is 27.6. The lowest BCUT2D eigenvalue weighted by Gasteiger charge is -2.21. The highest BCUT2D eigenvalue weighted by Gasteiger charge is 2.20. The largest absolute Gasteiger partial charge is 0.0614 e. The van der Waals surface area contributed by atoms with Crippen LogP contribution in [0, 0.1) is 0 Å². The molecule has 9 aromatic rings. The van der Waals surface area contributed by atoms with Crippen molar-refractivity contribution in [3.63, 3.8) is 0 Å². The van der Waals surface area contributed by atoms with Crippen LogP contribution in [0.4, 0.5) is 0 Å². The lowest BCUT2D eigenvalue weighted by Crippen LogP contribution is -2.10. The van der Waals surface area contributed by atoms with Crippen LogP contribution in [0.15, 0.2) is 164 Å². The van der Waals surface area contributed by atoms with Crippen LogP contribution >= 0.6 is 0 Å². The minimum atomic E-state index is 0.0698. The lowest BCUT2D eigenvalue weighted by atomic mass is 9.84. The summed E-state index contributed by atoms with van der Waals surface area (Å²) >= 11 is 0. The van der Waals surface area contributed by atoms with Crippen molar-refractivity contribution in [2.24, 2.45) is 0 Å². The van der Waals surface area contributed by atoms with Gasteiger partial charge in [0.2, 0.25) is 0 Å². The second-order valence-electron chi connectivity index (χ2n) is 19.5. The van der Waals surface area contributed by atoms with E-state index in [0.29, 0.717) is 0 Å². The molecule has 0 radical (unpaired) electrons. The second kappa shape index (κ2) is 13.8. The van der Waals surface area contributed by atoms with Gasteiger partial charge in [-0.2, -0.15) is 0 Å². The van der Waals surface area contributed by atoms with Gasteiger partial charge in [-0.25, -0.2) is 0 Å². The number of hydrogen-bond donors (Lipinski definition) is 0. The topological polar surface area (TPSA) is 0 Å². The summed E-state index contributed by atoms with van der Waals surface area (Å²) in [5, 5.41) is 10.2. The average molecular weight is 751 g/mol. The molecule has 0 aliphatic rings. The van der Waals surface area contributed by atoms with Gasteiger partial charge in [0.05, 0.1) is 0 Å². The zero-order valence-corrected chi connectivity index (χ0v) is 35.6. The van der Waals surface area contributed by atoms with Crippen molar-refractivity contribution in [3.05, 3.63) is 180 Å². The Labute approximate surface area is 345 Å². The number of hydrogen-bond acceptors (Lipinski definition) is 0. The van der Waals surface area contributed by atoms with Gasteiger partial charge < -0.3 is 0 Å².